The highest BCUT2D eigenvalue weighted by molar-refractivity contribution is 6.27. The average Bonchev–Trinajstić information content (AvgIpc) is 3.87. The number of hydrogen-bond donors (Lipinski definition) is 0. The predicted molar refractivity (Wildman–Crippen MR) is 253 cm³/mol. The molecule has 60 heavy (non-hydrogen) atoms. The number of furan rings is 2. The van der Waals surface area contributed by atoms with E-state index in [1.54, 1.807) is 0 Å². The molecule has 0 fully saturated rings. The minimum atomic E-state index is 0.889. The Morgan fingerprint density at radius 1 is 0.233 bits per heavy atom. The van der Waals surface area contributed by atoms with Crippen LogP contribution in [0.15, 0.2) is 215 Å². The third-order valence-corrected chi connectivity index (χ3v) is 12.6. The van der Waals surface area contributed by atoms with Gasteiger partial charge in [-0.15, -0.1) is 0 Å². The van der Waals surface area contributed by atoms with E-state index in [2.05, 4.69) is 206 Å². The molecule has 0 saturated heterocycles. The normalized spacial score (nSPS) is 12.0. The van der Waals surface area contributed by atoms with E-state index in [-0.39, 0.29) is 0 Å². The molecule has 0 spiro atoms. The van der Waals surface area contributed by atoms with Gasteiger partial charge in [0.2, 0.25) is 0 Å². The van der Waals surface area contributed by atoms with Crippen molar-refractivity contribution in [1.82, 2.24) is 0 Å². The fourth-order valence-electron chi connectivity index (χ4n) is 10.0. The molecule has 13 aromatic rings. The van der Waals surface area contributed by atoms with Crippen LogP contribution >= 0.6 is 0 Å². The first kappa shape index (κ1) is 33.1. The van der Waals surface area contributed by atoms with Gasteiger partial charge in [0.15, 0.2) is 0 Å². The Morgan fingerprint density at radius 2 is 0.650 bits per heavy atom. The first-order valence-electron chi connectivity index (χ1n) is 20.6. The zero-order valence-electron chi connectivity index (χ0n) is 32.4. The van der Waals surface area contributed by atoms with Crippen LogP contribution in [0.25, 0.3) is 131 Å². The van der Waals surface area contributed by atoms with Crippen LogP contribution in [0.2, 0.25) is 0 Å². The van der Waals surface area contributed by atoms with E-state index in [1.165, 1.54) is 43.8 Å². The monoisotopic (exact) mass is 762 g/mol. The number of rotatable bonds is 4. The maximum Gasteiger partial charge on any atom is 0.143 e. The summed E-state index contributed by atoms with van der Waals surface area (Å²) >= 11 is 0. The molecule has 2 heterocycles. The lowest BCUT2D eigenvalue weighted by Crippen LogP contribution is -1.93. The summed E-state index contributed by atoms with van der Waals surface area (Å²) in [7, 11) is 0. The quantitative estimate of drug-likeness (QED) is 0.167. The summed E-state index contributed by atoms with van der Waals surface area (Å²) in [5, 5.41) is 13.9. The topological polar surface area (TPSA) is 26.3 Å². The van der Waals surface area contributed by atoms with Gasteiger partial charge in [-0.1, -0.05) is 176 Å². The van der Waals surface area contributed by atoms with Crippen molar-refractivity contribution in [2.75, 3.05) is 0 Å². The maximum absolute atomic E-state index is 6.88. The third kappa shape index (κ3) is 4.76. The number of hydrogen-bond acceptors (Lipinski definition) is 2. The van der Waals surface area contributed by atoms with Crippen molar-refractivity contribution in [2.45, 2.75) is 0 Å². The zero-order valence-corrected chi connectivity index (χ0v) is 32.4. The van der Waals surface area contributed by atoms with E-state index in [0.29, 0.717) is 0 Å². The molecule has 0 radical (unpaired) electrons. The summed E-state index contributed by atoms with van der Waals surface area (Å²) in [6.07, 6.45) is 0. The SMILES string of the molecule is c1ccc(-c2ccccc2-c2c3cccc(-c4c5ccccc5cc5c4oc4ccccc45)c3cc3c(-c4c5ccccc5cc5c4oc4ccccc45)cccc23)cc1. The molecule has 13 rings (SSSR count). The fourth-order valence-corrected chi connectivity index (χ4v) is 10.0. The van der Waals surface area contributed by atoms with Gasteiger partial charge in [0, 0.05) is 32.7 Å². The number of fused-ring (bicyclic) bond motifs is 10. The molecule has 0 saturated carbocycles. The molecular weight excluding hydrogens is 729 g/mol. The molecule has 0 N–H and O–H groups in total. The van der Waals surface area contributed by atoms with Gasteiger partial charge in [-0.3, -0.25) is 0 Å². The van der Waals surface area contributed by atoms with Gasteiger partial charge in [-0.05, 0) is 107 Å². The third-order valence-electron chi connectivity index (χ3n) is 12.6. The van der Waals surface area contributed by atoms with Crippen LogP contribution in [0, 0.1) is 0 Å². The van der Waals surface area contributed by atoms with Crippen molar-refractivity contribution in [3.8, 4) is 44.5 Å². The Balaban J connectivity index is 1.23. The standard InChI is InChI=1S/C58H34O2/c1-2-16-35(17-3-1)38-20-8-9-25-43(38)54-44-26-14-28-46(55-39-21-6-4-18-36(39)32-50-41-23-10-12-30-52(41)59-57(50)55)48(44)34-49-45(54)27-15-29-47(49)56-40-22-7-5-19-37(40)33-51-42-24-11-13-31-53(42)60-58(51)56/h1-34H. The number of benzene rings is 11. The molecule has 0 aliphatic heterocycles. The van der Waals surface area contributed by atoms with E-state index in [9.17, 15) is 0 Å². The second kappa shape index (κ2) is 12.8. The lowest BCUT2D eigenvalue weighted by molar-refractivity contribution is 0.670. The molecule has 0 amide bonds. The van der Waals surface area contributed by atoms with Crippen LogP contribution in [0.3, 0.4) is 0 Å². The lowest BCUT2D eigenvalue weighted by atomic mass is 9.83. The Morgan fingerprint density at radius 3 is 1.20 bits per heavy atom. The summed E-state index contributed by atoms with van der Waals surface area (Å²) in [6, 6.07) is 74.5. The van der Waals surface area contributed by atoms with Crippen molar-refractivity contribution < 1.29 is 8.83 Å². The Kier molecular flexibility index (Phi) is 7.05. The minimum absolute atomic E-state index is 0.889. The van der Waals surface area contributed by atoms with Crippen molar-refractivity contribution in [2.24, 2.45) is 0 Å². The van der Waals surface area contributed by atoms with Gasteiger partial charge in [0.1, 0.15) is 22.3 Å². The molecule has 2 heteroatoms. The molecule has 0 aliphatic carbocycles. The van der Waals surface area contributed by atoms with Gasteiger partial charge < -0.3 is 8.83 Å². The Hall–Kier alpha value is -7.94. The second-order valence-corrected chi connectivity index (χ2v) is 15.9. The Bertz CT molecular complexity index is 3670. The minimum Gasteiger partial charge on any atom is -0.455 e. The van der Waals surface area contributed by atoms with Crippen molar-refractivity contribution in [1.29, 1.82) is 0 Å². The molecule has 2 aromatic heterocycles. The van der Waals surface area contributed by atoms with E-state index < -0.39 is 0 Å². The highest BCUT2D eigenvalue weighted by atomic mass is 16.3. The zero-order chi connectivity index (χ0) is 39.3. The number of para-hydroxylation sites is 2. The lowest BCUT2D eigenvalue weighted by Gasteiger charge is -2.20. The molecule has 0 atom stereocenters. The summed E-state index contributed by atoms with van der Waals surface area (Å²) < 4.78 is 13.8. The van der Waals surface area contributed by atoms with Crippen LogP contribution in [0.1, 0.15) is 0 Å². The first-order valence-corrected chi connectivity index (χ1v) is 20.6. The summed E-state index contributed by atoms with van der Waals surface area (Å²) in [4.78, 5) is 0. The van der Waals surface area contributed by atoms with Gasteiger partial charge in [0.05, 0.1) is 0 Å². The van der Waals surface area contributed by atoms with Gasteiger partial charge >= 0.3 is 0 Å². The summed E-state index contributed by atoms with van der Waals surface area (Å²) in [6.45, 7) is 0. The summed E-state index contributed by atoms with van der Waals surface area (Å²) in [5.41, 5.74) is 12.8. The van der Waals surface area contributed by atoms with Crippen LogP contribution in [-0.4, -0.2) is 0 Å². The van der Waals surface area contributed by atoms with Gasteiger partial charge in [-0.2, -0.15) is 0 Å². The van der Waals surface area contributed by atoms with Crippen LogP contribution in [0.5, 0.6) is 0 Å². The average molecular weight is 763 g/mol. The van der Waals surface area contributed by atoms with Gasteiger partial charge in [0.25, 0.3) is 0 Å². The van der Waals surface area contributed by atoms with Crippen molar-refractivity contribution >= 4 is 87.0 Å². The highest BCUT2D eigenvalue weighted by Gasteiger charge is 2.24. The van der Waals surface area contributed by atoms with Crippen molar-refractivity contribution in [3.05, 3.63) is 206 Å². The predicted octanol–water partition coefficient (Wildman–Crippen LogP) is 16.8. The highest BCUT2D eigenvalue weighted by Crippen LogP contribution is 2.50. The van der Waals surface area contributed by atoms with Crippen LogP contribution in [-0.2, 0) is 0 Å². The Labute approximate surface area is 345 Å². The molecule has 278 valence electrons. The molecular formula is C58H34O2. The molecule has 0 bridgehead atoms. The molecule has 11 aromatic carbocycles. The van der Waals surface area contributed by atoms with E-state index in [1.807, 2.05) is 0 Å². The smallest absolute Gasteiger partial charge is 0.143 e. The summed E-state index contributed by atoms with van der Waals surface area (Å²) in [5.74, 6) is 0. The first-order chi connectivity index (χ1) is 29.8. The van der Waals surface area contributed by atoms with Gasteiger partial charge in [-0.25, -0.2) is 0 Å². The molecule has 2 nitrogen and oxygen atoms in total. The second-order valence-electron chi connectivity index (χ2n) is 15.9. The molecule has 0 aliphatic rings. The maximum atomic E-state index is 6.88. The van der Waals surface area contributed by atoms with Crippen LogP contribution in [0.4, 0.5) is 0 Å². The molecule has 0 unspecified atom stereocenters. The van der Waals surface area contributed by atoms with E-state index >= 15 is 0 Å². The van der Waals surface area contributed by atoms with Crippen LogP contribution < -0.4 is 0 Å². The van der Waals surface area contributed by atoms with E-state index in [4.69, 9.17) is 8.83 Å². The fraction of sp³-hybridized carbons (Fsp3) is 0. The van der Waals surface area contributed by atoms with E-state index in [0.717, 1.165) is 87.7 Å². The van der Waals surface area contributed by atoms with Crippen molar-refractivity contribution in [3.63, 3.8) is 0 Å². The largest absolute Gasteiger partial charge is 0.455 e.